The van der Waals surface area contributed by atoms with Gasteiger partial charge in [-0.25, -0.2) is 8.78 Å². The first-order valence-corrected chi connectivity index (χ1v) is 11.1. The Hall–Kier alpha value is -2.26. The number of likely N-dealkylation sites (N-methyl/N-ethyl adjacent to an activating group) is 1. The summed E-state index contributed by atoms with van der Waals surface area (Å²) in [7, 11) is 1.57. The summed E-state index contributed by atoms with van der Waals surface area (Å²) >= 11 is 0. The van der Waals surface area contributed by atoms with Crippen LogP contribution in [0.3, 0.4) is 0 Å². The highest BCUT2D eigenvalue weighted by Crippen LogP contribution is 2.28. The summed E-state index contributed by atoms with van der Waals surface area (Å²) in [4.78, 5) is 4.66. The molecule has 2 aromatic rings. The number of nitrogens with zero attached hydrogens (tertiary/aromatic N) is 2. The zero-order valence-electron chi connectivity index (χ0n) is 18.8. The van der Waals surface area contributed by atoms with Gasteiger partial charge in [0.05, 0.1) is 7.11 Å². The fraction of sp³-hybridized carbons (Fsp3) is 0.500. The number of benzene rings is 2. The third-order valence-corrected chi connectivity index (χ3v) is 5.68. The molecule has 0 spiro atoms. The van der Waals surface area contributed by atoms with Crippen LogP contribution < -0.4 is 14.8 Å². The van der Waals surface area contributed by atoms with Gasteiger partial charge in [-0.3, -0.25) is 4.90 Å². The molecule has 1 atom stereocenters. The van der Waals surface area contributed by atoms with Crippen molar-refractivity contribution in [1.82, 2.24) is 15.1 Å². The van der Waals surface area contributed by atoms with E-state index in [9.17, 15) is 13.9 Å². The maximum Gasteiger partial charge on any atom is 0.161 e. The molecule has 0 aliphatic carbocycles. The fourth-order valence-corrected chi connectivity index (χ4v) is 3.77. The first-order chi connectivity index (χ1) is 15.5. The molecule has 1 aliphatic heterocycles. The minimum absolute atomic E-state index is 0.193. The molecular weight excluding hydrogens is 416 g/mol. The first kappa shape index (κ1) is 24.4. The van der Waals surface area contributed by atoms with Gasteiger partial charge in [-0.1, -0.05) is 19.1 Å². The summed E-state index contributed by atoms with van der Waals surface area (Å²) in [6.45, 7) is 8.94. The van der Waals surface area contributed by atoms with Crippen LogP contribution in [0.15, 0.2) is 36.4 Å². The summed E-state index contributed by atoms with van der Waals surface area (Å²) < 4.78 is 37.6. The predicted molar refractivity (Wildman–Crippen MR) is 120 cm³/mol. The average Bonchev–Trinajstić information content (AvgIpc) is 2.81. The summed E-state index contributed by atoms with van der Waals surface area (Å²) in [5, 5.41) is 13.6. The highest BCUT2D eigenvalue weighted by Gasteiger charge is 2.19. The van der Waals surface area contributed by atoms with Crippen molar-refractivity contribution in [1.29, 1.82) is 0 Å². The van der Waals surface area contributed by atoms with E-state index in [4.69, 9.17) is 9.47 Å². The van der Waals surface area contributed by atoms with Crippen molar-refractivity contribution in [3.63, 3.8) is 0 Å². The van der Waals surface area contributed by atoms with E-state index in [1.54, 1.807) is 13.2 Å². The van der Waals surface area contributed by atoms with Crippen molar-refractivity contribution in [2.75, 3.05) is 53.0 Å². The zero-order valence-corrected chi connectivity index (χ0v) is 18.8. The van der Waals surface area contributed by atoms with Crippen molar-refractivity contribution < 1.29 is 23.4 Å². The van der Waals surface area contributed by atoms with Crippen LogP contribution in [0.2, 0.25) is 0 Å². The minimum atomic E-state index is -0.849. The number of hydrogen-bond acceptors (Lipinski definition) is 6. The van der Waals surface area contributed by atoms with Crippen molar-refractivity contribution in [3.05, 3.63) is 59.2 Å². The van der Waals surface area contributed by atoms with Gasteiger partial charge in [-0.15, -0.1) is 0 Å². The lowest BCUT2D eigenvalue weighted by Crippen LogP contribution is -2.49. The number of β-amino-alcohol motifs (C(OH)–C–C–N with tert-alkyl or cyclic N) is 1. The second-order valence-corrected chi connectivity index (χ2v) is 8.04. The highest BCUT2D eigenvalue weighted by atomic mass is 19.2. The number of piperazine rings is 1. The first-order valence-electron chi connectivity index (χ1n) is 11.1. The van der Waals surface area contributed by atoms with Crippen LogP contribution in [0.5, 0.6) is 11.5 Å². The van der Waals surface area contributed by atoms with Gasteiger partial charge in [-0.2, -0.15) is 0 Å². The molecule has 0 aromatic heterocycles. The molecule has 0 radical (unpaired) electrons. The minimum Gasteiger partial charge on any atom is -0.493 e. The van der Waals surface area contributed by atoms with Crippen LogP contribution in [0.25, 0.3) is 0 Å². The maximum atomic E-state index is 13.3. The Morgan fingerprint density at radius 2 is 1.59 bits per heavy atom. The van der Waals surface area contributed by atoms with Crippen molar-refractivity contribution in [2.24, 2.45) is 0 Å². The third-order valence-electron chi connectivity index (χ3n) is 5.68. The van der Waals surface area contributed by atoms with E-state index in [0.29, 0.717) is 36.7 Å². The number of nitrogens with one attached hydrogen (secondary N) is 1. The molecule has 8 heteroatoms. The number of ether oxygens (including phenoxy) is 2. The van der Waals surface area contributed by atoms with Gasteiger partial charge in [0, 0.05) is 45.8 Å². The van der Waals surface area contributed by atoms with Crippen molar-refractivity contribution >= 4 is 0 Å². The van der Waals surface area contributed by atoms with Gasteiger partial charge in [-0.05, 0) is 41.9 Å². The monoisotopic (exact) mass is 449 g/mol. The van der Waals surface area contributed by atoms with Crippen LogP contribution in [0, 0.1) is 11.6 Å². The Labute approximate surface area is 188 Å². The number of halogens is 2. The standard InChI is InChI=1S/C24H33F2N3O3/c1-3-28-8-10-29(11-9-28)16-20(30)17-32-23-7-5-19(13-24(23)31-2)15-27-14-18-4-6-21(25)22(26)12-18/h4-7,12-13,20,27,30H,3,8-11,14-17H2,1-2H3. The van der Waals surface area contributed by atoms with E-state index >= 15 is 0 Å². The topological polar surface area (TPSA) is 57.2 Å². The Morgan fingerprint density at radius 1 is 0.938 bits per heavy atom. The summed E-state index contributed by atoms with van der Waals surface area (Å²) in [5.74, 6) is -0.538. The van der Waals surface area contributed by atoms with Crippen LogP contribution >= 0.6 is 0 Å². The average molecular weight is 450 g/mol. The number of methoxy groups -OCH3 is 1. The molecule has 3 rings (SSSR count). The molecule has 1 saturated heterocycles. The van der Waals surface area contributed by atoms with E-state index in [1.165, 1.54) is 6.07 Å². The fourth-order valence-electron chi connectivity index (χ4n) is 3.77. The van der Waals surface area contributed by atoms with Gasteiger partial charge in [0.1, 0.15) is 12.7 Å². The molecule has 1 heterocycles. The Morgan fingerprint density at radius 3 is 2.25 bits per heavy atom. The summed E-state index contributed by atoms with van der Waals surface area (Å²) in [5.41, 5.74) is 1.63. The molecule has 1 aliphatic rings. The molecule has 6 nitrogen and oxygen atoms in total. The summed E-state index contributed by atoms with van der Waals surface area (Å²) in [6, 6.07) is 9.46. The van der Waals surface area contributed by atoms with Crippen molar-refractivity contribution in [3.8, 4) is 11.5 Å². The van der Waals surface area contributed by atoms with Crippen LogP contribution in [0.4, 0.5) is 8.78 Å². The van der Waals surface area contributed by atoms with E-state index in [2.05, 4.69) is 22.0 Å². The molecule has 0 saturated carbocycles. The number of rotatable bonds is 11. The lowest BCUT2D eigenvalue weighted by atomic mass is 10.1. The van der Waals surface area contributed by atoms with Gasteiger partial charge in [0.15, 0.2) is 23.1 Å². The molecule has 1 fully saturated rings. The smallest absolute Gasteiger partial charge is 0.161 e. The van der Waals surface area contributed by atoms with Crippen LogP contribution in [0.1, 0.15) is 18.1 Å². The van der Waals surface area contributed by atoms with Crippen LogP contribution in [-0.4, -0.2) is 74.0 Å². The van der Waals surface area contributed by atoms with E-state index in [-0.39, 0.29) is 6.61 Å². The van der Waals surface area contributed by atoms with Gasteiger partial charge < -0.3 is 24.8 Å². The molecule has 0 amide bonds. The Kier molecular flexibility index (Phi) is 9.23. The maximum absolute atomic E-state index is 13.3. The largest absolute Gasteiger partial charge is 0.493 e. The highest BCUT2D eigenvalue weighted by molar-refractivity contribution is 5.43. The second kappa shape index (κ2) is 12.1. The van der Waals surface area contributed by atoms with Crippen molar-refractivity contribution in [2.45, 2.75) is 26.1 Å². The van der Waals surface area contributed by atoms with E-state index < -0.39 is 17.7 Å². The number of hydrogen-bond donors (Lipinski definition) is 2. The zero-order chi connectivity index (χ0) is 22.9. The third kappa shape index (κ3) is 7.13. The molecule has 32 heavy (non-hydrogen) atoms. The lowest BCUT2D eigenvalue weighted by Gasteiger charge is -2.34. The predicted octanol–water partition coefficient (Wildman–Crippen LogP) is 2.64. The normalized spacial score (nSPS) is 16.2. The number of aliphatic hydroxyl groups is 1. The van der Waals surface area contributed by atoms with Crippen LogP contribution in [-0.2, 0) is 13.1 Å². The molecule has 2 aromatic carbocycles. The molecule has 0 bridgehead atoms. The lowest BCUT2D eigenvalue weighted by molar-refractivity contribution is 0.0464. The Bertz CT molecular complexity index is 860. The molecule has 176 valence electrons. The van der Waals surface area contributed by atoms with E-state index in [0.717, 1.165) is 44.4 Å². The van der Waals surface area contributed by atoms with Gasteiger partial charge >= 0.3 is 0 Å². The SMILES string of the molecule is CCN1CCN(CC(O)COc2ccc(CNCc3ccc(F)c(F)c3)cc2OC)CC1. The molecular formula is C24H33F2N3O3. The molecule has 1 unspecified atom stereocenters. The second-order valence-electron chi connectivity index (χ2n) is 8.04. The molecule has 2 N–H and O–H groups in total. The van der Waals surface area contributed by atoms with Gasteiger partial charge in [0.2, 0.25) is 0 Å². The summed E-state index contributed by atoms with van der Waals surface area (Å²) in [6.07, 6.45) is -0.578. The Balaban J connectivity index is 1.45. The quantitative estimate of drug-likeness (QED) is 0.550. The number of aliphatic hydroxyl groups excluding tert-OH is 1. The van der Waals surface area contributed by atoms with Gasteiger partial charge in [0.25, 0.3) is 0 Å². The van der Waals surface area contributed by atoms with E-state index in [1.807, 2.05) is 18.2 Å².